The summed E-state index contributed by atoms with van der Waals surface area (Å²) in [4.78, 5) is 42.7. The Balaban J connectivity index is 1.16. The number of hydrogen-bond acceptors (Lipinski definition) is 8. The minimum atomic E-state index is -0.485. The number of benzene rings is 1. The van der Waals surface area contributed by atoms with E-state index < -0.39 is 11.5 Å². The van der Waals surface area contributed by atoms with Crippen LogP contribution < -0.4 is 15.4 Å². The monoisotopic (exact) mass is 522 g/mol. The van der Waals surface area contributed by atoms with Gasteiger partial charge in [0.1, 0.15) is 17.8 Å². The average Bonchev–Trinajstić information content (AvgIpc) is 3.30. The van der Waals surface area contributed by atoms with Gasteiger partial charge in [0, 0.05) is 54.5 Å². The predicted octanol–water partition coefficient (Wildman–Crippen LogP) is 3.87. The summed E-state index contributed by atoms with van der Waals surface area (Å²) >= 11 is 0. The van der Waals surface area contributed by atoms with Gasteiger partial charge in [0.25, 0.3) is 0 Å². The van der Waals surface area contributed by atoms with Crippen molar-refractivity contribution in [3.63, 3.8) is 0 Å². The van der Waals surface area contributed by atoms with Gasteiger partial charge in [0.15, 0.2) is 0 Å². The van der Waals surface area contributed by atoms with Crippen LogP contribution in [0.25, 0.3) is 21.9 Å². The number of nitrogens with zero attached hydrogens (tertiary/aromatic N) is 2. The number of imide groups is 1. The molecule has 2 saturated heterocycles. The first-order valence-electron chi connectivity index (χ1n) is 13.2. The number of carbonyl (C=O) groups excluding carboxylic acids is 3. The number of hydrogen-bond donors (Lipinski definition) is 2. The second-order valence-corrected chi connectivity index (χ2v) is 10.9. The van der Waals surface area contributed by atoms with Crippen molar-refractivity contribution in [2.45, 2.75) is 64.0 Å². The van der Waals surface area contributed by atoms with Crippen LogP contribution in [0.2, 0.25) is 0 Å². The third kappa shape index (κ3) is 5.75. The summed E-state index contributed by atoms with van der Waals surface area (Å²) < 4.78 is 17.1. The van der Waals surface area contributed by atoms with Crippen LogP contribution in [-0.2, 0) is 14.3 Å². The lowest BCUT2D eigenvalue weighted by atomic mass is 9.89. The van der Waals surface area contributed by atoms with Gasteiger partial charge in [-0.3, -0.25) is 14.9 Å². The van der Waals surface area contributed by atoms with Gasteiger partial charge in [-0.05, 0) is 58.2 Å². The Morgan fingerprint density at radius 1 is 1.16 bits per heavy atom. The Morgan fingerprint density at radius 3 is 2.68 bits per heavy atom. The van der Waals surface area contributed by atoms with Crippen molar-refractivity contribution < 1.29 is 28.3 Å². The smallest absolute Gasteiger partial charge is 0.410 e. The molecule has 0 unspecified atom stereocenters. The van der Waals surface area contributed by atoms with Crippen LogP contribution >= 0.6 is 0 Å². The van der Waals surface area contributed by atoms with Crippen molar-refractivity contribution in [3.05, 3.63) is 36.1 Å². The van der Waals surface area contributed by atoms with Gasteiger partial charge in [0.2, 0.25) is 17.7 Å². The summed E-state index contributed by atoms with van der Waals surface area (Å²) in [5, 5.41) is 7.64. The number of rotatable bonds is 6. The number of aromatic nitrogens is 1. The number of likely N-dealkylation sites (tertiary alicyclic amines) is 1. The number of furan rings is 1. The van der Waals surface area contributed by atoms with Gasteiger partial charge < -0.3 is 24.1 Å². The molecule has 10 nitrogen and oxygen atoms in total. The topological polar surface area (TPSA) is 123 Å². The molecule has 3 aromatic rings. The van der Waals surface area contributed by atoms with Crippen LogP contribution in [0.15, 0.2) is 34.9 Å². The highest BCUT2D eigenvalue weighted by molar-refractivity contribution is 6.09. The fourth-order valence-electron chi connectivity index (χ4n) is 5.09. The Kier molecular flexibility index (Phi) is 7.25. The summed E-state index contributed by atoms with van der Waals surface area (Å²) in [6, 6.07) is 7.79. The first kappa shape index (κ1) is 26.0. The maximum atomic E-state index is 12.5. The van der Waals surface area contributed by atoms with E-state index >= 15 is 0 Å². The average molecular weight is 523 g/mol. The first-order valence-corrected chi connectivity index (χ1v) is 13.2. The SMILES string of the molecule is CC(C)(C)OC(=O)N1CCC(NCCOc2ccc3c(ccc4occ([C@H]5CCC(=O)NC5=O)c43)n2)CC1. The summed E-state index contributed by atoms with van der Waals surface area (Å²) in [5.74, 6) is -0.452. The maximum Gasteiger partial charge on any atom is 0.410 e. The molecule has 0 radical (unpaired) electrons. The molecule has 0 spiro atoms. The van der Waals surface area contributed by atoms with E-state index in [1.54, 1.807) is 11.2 Å². The molecule has 2 aliphatic heterocycles. The second kappa shape index (κ2) is 10.6. The summed E-state index contributed by atoms with van der Waals surface area (Å²) in [7, 11) is 0. The normalized spacial score (nSPS) is 19.1. The zero-order chi connectivity index (χ0) is 26.9. The Morgan fingerprint density at radius 2 is 1.95 bits per heavy atom. The van der Waals surface area contributed by atoms with Crippen molar-refractivity contribution in [1.29, 1.82) is 0 Å². The van der Waals surface area contributed by atoms with E-state index in [-0.39, 0.29) is 17.9 Å². The number of carbonyl (C=O) groups is 3. The van der Waals surface area contributed by atoms with Crippen molar-refractivity contribution in [2.75, 3.05) is 26.2 Å². The minimum Gasteiger partial charge on any atom is -0.476 e. The molecule has 3 amide bonds. The van der Waals surface area contributed by atoms with Gasteiger partial charge in [-0.15, -0.1) is 0 Å². The zero-order valence-corrected chi connectivity index (χ0v) is 22.0. The summed E-state index contributed by atoms with van der Waals surface area (Å²) in [6.07, 6.45) is 3.85. The lowest BCUT2D eigenvalue weighted by Crippen LogP contribution is -2.47. The Hall–Kier alpha value is -3.66. The van der Waals surface area contributed by atoms with Crippen LogP contribution in [-0.4, -0.2) is 65.7 Å². The molecule has 0 bridgehead atoms. The van der Waals surface area contributed by atoms with E-state index in [9.17, 15) is 14.4 Å². The first-order chi connectivity index (χ1) is 18.2. The lowest BCUT2D eigenvalue weighted by molar-refractivity contribution is -0.134. The maximum absolute atomic E-state index is 12.5. The number of pyridine rings is 1. The summed E-state index contributed by atoms with van der Waals surface area (Å²) in [6.45, 7) is 8.09. The Labute approximate surface area is 221 Å². The van der Waals surface area contributed by atoms with E-state index in [4.69, 9.17) is 13.9 Å². The van der Waals surface area contributed by atoms with Crippen LogP contribution in [0.4, 0.5) is 4.79 Å². The van der Waals surface area contributed by atoms with Gasteiger partial charge >= 0.3 is 6.09 Å². The largest absolute Gasteiger partial charge is 0.476 e. The van der Waals surface area contributed by atoms with Crippen molar-refractivity contribution in [2.24, 2.45) is 0 Å². The number of ether oxygens (including phenoxy) is 2. The predicted molar refractivity (Wildman–Crippen MR) is 141 cm³/mol. The zero-order valence-electron chi connectivity index (χ0n) is 22.0. The molecule has 2 fully saturated rings. The highest BCUT2D eigenvalue weighted by Gasteiger charge is 2.31. The molecule has 202 valence electrons. The molecule has 0 saturated carbocycles. The van der Waals surface area contributed by atoms with Crippen LogP contribution in [0.1, 0.15) is 57.9 Å². The third-order valence-electron chi connectivity index (χ3n) is 6.96. The molecule has 1 atom stereocenters. The van der Waals surface area contributed by atoms with Crippen LogP contribution in [0.3, 0.4) is 0 Å². The minimum absolute atomic E-state index is 0.242. The molecule has 38 heavy (non-hydrogen) atoms. The van der Waals surface area contributed by atoms with E-state index in [0.717, 1.165) is 34.7 Å². The van der Waals surface area contributed by atoms with Crippen LogP contribution in [0.5, 0.6) is 5.88 Å². The number of amides is 3. The van der Waals surface area contributed by atoms with Gasteiger partial charge in [-0.25, -0.2) is 9.78 Å². The van der Waals surface area contributed by atoms with E-state index in [2.05, 4.69) is 15.6 Å². The van der Waals surface area contributed by atoms with Crippen molar-refractivity contribution in [3.8, 4) is 5.88 Å². The van der Waals surface area contributed by atoms with E-state index in [1.807, 2.05) is 45.0 Å². The van der Waals surface area contributed by atoms with Gasteiger partial charge in [-0.1, -0.05) is 0 Å². The molecule has 2 aliphatic rings. The number of nitrogens with one attached hydrogen (secondary N) is 2. The molecule has 0 aliphatic carbocycles. The molecule has 10 heteroatoms. The van der Waals surface area contributed by atoms with Gasteiger partial charge in [0.05, 0.1) is 17.7 Å². The standard InChI is InChI=1S/C28H34N4O6/c1-28(2,3)38-27(35)32-13-10-17(11-14-32)29-12-15-36-24-9-5-19-21(30-24)6-7-22-25(19)20(16-37-22)18-4-8-23(33)31-26(18)34/h5-7,9,16-18,29H,4,8,10-15H2,1-3H3,(H,31,33,34)/t18-/m1/s1. The van der Waals surface area contributed by atoms with Crippen molar-refractivity contribution in [1.82, 2.24) is 20.5 Å². The lowest BCUT2D eigenvalue weighted by Gasteiger charge is -2.33. The van der Waals surface area contributed by atoms with Crippen LogP contribution in [0, 0.1) is 0 Å². The van der Waals surface area contributed by atoms with Crippen molar-refractivity contribution >= 4 is 39.8 Å². The molecule has 5 rings (SSSR count). The number of piperidine rings is 2. The Bertz CT molecular complexity index is 1350. The summed E-state index contributed by atoms with van der Waals surface area (Å²) in [5.41, 5.74) is 1.70. The van der Waals surface area contributed by atoms with E-state index in [1.165, 1.54) is 0 Å². The molecule has 1 aromatic carbocycles. The van der Waals surface area contributed by atoms with E-state index in [0.29, 0.717) is 56.6 Å². The molecule has 2 aromatic heterocycles. The molecular formula is C28H34N4O6. The highest BCUT2D eigenvalue weighted by atomic mass is 16.6. The molecule has 4 heterocycles. The highest BCUT2D eigenvalue weighted by Crippen LogP contribution is 2.36. The quantitative estimate of drug-likeness (QED) is 0.370. The van der Waals surface area contributed by atoms with Gasteiger partial charge in [-0.2, -0.15) is 0 Å². The molecular weight excluding hydrogens is 488 g/mol. The molecule has 2 N–H and O–H groups in total. The fraction of sp³-hybridized carbons (Fsp3) is 0.500. The second-order valence-electron chi connectivity index (χ2n) is 10.9. The third-order valence-corrected chi connectivity index (χ3v) is 6.96. The number of fused-ring (bicyclic) bond motifs is 3. The fourth-order valence-corrected chi connectivity index (χ4v) is 5.09.